The lowest BCUT2D eigenvalue weighted by atomic mass is 10.1. The number of carbonyl (C=O) groups excluding carboxylic acids is 1. The van der Waals surface area contributed by atoms with Gasteiger partial charge in [0.05, 0.1) is 12.8 Å². The van der Waals surface area contributed by atoms with Crippen LogP contribution in [0.4, 0.5) is 4.39 Å². The summed E-state index contributed by atoms with van der Waals surface area (Å²) in [6, 6.07) is 22.0. The van der Waals surface area contributed by atoms with Gasteiger partial charge in [0.2, 0.25) is 5.88 Å². The summed E-state index contributed by atoms with van der Waals surface area (Å²) < 4.78 is 24.5. The second-order valence-electron chi connectivity index (χ2n) is 6.91. The maximum atomic E-state index is 13.5. The molecule has 0 saturated carbocycles. The van der Waals surface area contributed by atoms with Gasteiger partial charge in [-0.15, -0.1) is 0 Å². The molecule has 32 heavy (non-hydrogen) atoms. The van der Waals surface area contributed by atoms with Gasteiger partial charge in [-0.25, -0.2) is 14.4 Å². The average molecular weight is 429 g/mol. The van der Waals surface area contributed by atoms with E-state index in [1.807, 2.05) is 24.3 Å². The molecule has 0 bridgehead atoms. The van der Waals surface area contributed by atoms with Crippen molar-refractivity contribution in [3.8, 4) is 28.6 Å². The minimum atomic E-state index is -0.350. The van der Waals surface area contributed by atoms with Gasteiger partial charge < -0.3 is 14.8 Å². The second kappa shape index (κ2) is 9.70. The zero-order valence-corrected chi connectivity index (χ0v) is 17.3. The van der Waals surface area contributed by atoms with Crippen molar-refractivity contribution in [1.82, 2.24) is 15.3 Å². The van der Waals surface area contributed by atoms with Crippen molar-refractivity contribution < 1.29 is 18.7 Å². The van der Waals surface area contributed by atoms with Crippen LogP contribution in [0, 0.1) is 5.82 Å². The molecule has 0 unspecified atom stereocenters. The molecule has 0 aliphatic heterocycles. The number of benzene rings is 3. The summed E-state index contributed by atoms with van der Waals surface area (Å²) >= 11 is 0. The zero-order valence-electron chi connectivity index (χ0n) is 17.3. The third-order valence-electron chi connectivity index (χ3n) is 4.69. The van der Waals surface area contributed by atoms with Gasteiger partial charge in [0, 0.05) is 23.7 Å². The van der Waals surface area contributed by atoms with Crippen LogP contribution < -0.4 is 14.8 Å². The summed E-state index contributed by atoms with van der Waals surface area (Å²) in [7, 11) is 1.61. The van der Waals surface area contributed by atoms with Crippen LogP contribution in [0.15, 0.2) is 85.2 Å². The molecule has 0 saturated heterocycles. The molecule has 0 radical (unpaired) electrons. The molecular formula is C25H20FN3O3. The fraction of sp³-hybridized carbons (Fsp3) is 0.0800. The first-order chi connectivity index (χ1) is 15.6. The number of nitrogens with one attached hydrogen (secondary N) is 1. The molecule has 7 heteroatoms. The molecule has 1 N–H and O–H groups in total. The molecule has 1 aromatic heterocycles. The molecule has 6 nitrogen and oxygen atoms in total. The lowest BCUT2D eigenvalue weighted by Gasteiger charge is -2.09. The van der Waals surface area contributed by atoms with Crippen LogP contribution in [0.1, 0.15) is 15.9 Å². The van der Waals surface area contributed by atoms with Crippen LogP contribution >= 0.6 is 0 Å². The predicted octanol–water partition coefficient (Wildman–Crippen LogP) is 5.01. The molecule has 0 spiro atoms. The first-order valence-corrected chi connectivity index (χ1v) is 9.88. The smallest absolute Gasteiger partial charge is 0.251 e. The lowest BCUT2D eigenvalue weighted by molar-refractivity contribution is 0.0950. The highest BCUT2D eigenvalue weighted by Crippen LogP contribution is 2.25. The van der Waals surface area contributed by atoms with Gasteiger partial charge >= 0.3 is 0 Å². The van der Waals surface area contributed by atoms with Gasteiger partial charge in [-0.05, 0) is 48.0 Å². The number of carbonyl (C=O) groups is 1. The van der Waals surface area contributed by atoms with E-state index in [9.17, 15) is 9.18 Å². The summed E-state index contributed by atoms with van der Waals surface area (Å²) in [5.74, 6) is 0.919. The molecule has 0 aliphatic carbocycles. The highest BCUT2D eigenvalue weighted by Gasteiger charge is 2.09. The third-order valence-corrected chi connectivity index (χ3v) is 4.69. The van der Waals surface area contributed by atoms with E-state index < -0.39 is 0 Å². The molecule has 0 atom stereocenters. The molecule has 4 rings (SSSR count). The van der Waals surface area contributed by atoms with Crippen molar-refractivity contribution in [2.24, 2.45) is 0 Å². The van der Waals surface area contributed by atoms with Crippen molar-refractivity contribution in [2.45, 2.75) is 6.54 Å². The summed E-state index contributed by atoms with van der Waals surface area (Å²) in [6.07, 6.45) is 1.35. The third kappa shape index (κ3) is 5.26. The Labute approximate surface area is 184 Å². The van der Waals surface area contributed by atoms with Gasteiger partial charge in [-0.1, -0.05) is 30.3 Å². The van der Waals surface area contributed by atoms with Crippen LogP contribution in [0.25, 0.3) is 11.3 Å². The number of nitrogens with zero attached hydrogens (tertiary/aromatic N) is 2. The Hall–Kier alpha value is -4.26. The second-order valence-corrected chi connectivity index (χ2v) is 6.91. The topological polar surface area (TPSA) is 73.3 Å². The number of aromatic nitrogens is 2. The zero-order chi connectivity index (χ0) is 22.3. The van der Waals surface area contributed by atoms with Gasteiger partial charge in [0.15, 0.2) is 0 Å². The molecule has 4 aromatic rings. The Morgan fingerprint density at radius 3 is 2.53 bits per heavy atom. The number of rotatable bonds is 7. The van der Waals surface area contributed by atoms with E-state index in [0.717, 1.165) is 11.3 Å². The van der Waals surface area contributed by atoms with Crippen LogP contribution in [0.3, 0.4) is 0 Å². The van der Waals surface area contributed by atoms with E-state index in [1.165, 1.54) is 18.5 Å². The Morgan fingerprint density at radius 2 is 1.75 bits per heavy atom. The molecule has 160 valence electrons. The number of methoxy groups -OCH3 is 1. The predicted molar refractivity (Wildman–Crippen MR) is 118 cm³/mol. The summed E-state index contributed by atoms with van der Waals surface area (Å²) in [4.78, 5) is 20.8. The van der Waals surface area contributed by atoms with Crippen molar-refractivity contribution in [3.05, 3.63) is 102 Å². The first kappa shape index (κ1) is 21.0. The summed E-state index contributed by atoms with van der Waals surface area (Å²) in [6.45, 7) is 0.386. The molecule has 0 aliphatic rings. The van der Waals surface area contributed by atoms with Gasteiger partial charge in [-0.2, -0.15) is 0 Å². The summed E-state index contributed by atoms with van der Waals surface area (Å²) in [5.41, 5.74) is 2.56. The van der Waals surface area contributed by atoms with Crippen LogP contribution in [0.5, 0.6) is 17.4 Å². The number of hydrogen-bond acceptors (Lipinski definition) is 5. The average Bonchev–Trinajstić information content (AvgIpc) is 2.83. The first-order valence-electron chi connectivity index (χ1n) is 9.88. The van der Waals surface area contributed by atoms with E-state index in [-0.39, 0.29) is 17.6 Å². The minimum Gasteiger partial charge on any atom is -0.497 e. The molecule has 0 fully saturated rings. The molecule has 3 aromatic carbocycles. The molecule has 1 amide bonds. The highest BCUT2D eigenvalue weighted by molar-refractivity contribution is 5.94. The molecular weight excluding hydrogens is 409 g/mol. The quantitative estimate of drug-likeness (QED) is 0.447. The van der Waals surface area contributed by atoms with E-state index in [4.69, 9.17) is 9.47 Å². The van der Waals surface area contributed by atoms with E-state index >= 15 is 0 Å². The Morgan fingerprint density at radius 1 is 0.938 bits per heavy atom. The van der Waals surface area contributed by atoms with Crippen LogP contribution in [-0.4, -0.2) is 23.0 Å². The summed E-state index contributed by atoms with van der Waals surface area (Å²) in [5, 5.41) is 2.88. The normalized spacial score (nSPS) is 10.4. The number of hydrogen-bond donors (Lipinski definition) is 1. The fourth-order valence-electron chi connectivity index (χ4n) is 3.05. The Kier molecular flexibility index (Phi) is 6.36. The number of halogens is 1. The Balaban J connectivity index is 1.43. The highest BCUT2D eigenvalue weighted by atomic mass is 19.1. The Bertz CT molecular complexity index is 1230. The fourth-order valence-corrected chi connectivity index (χ4v) is 3.05. The van der Waals surface area contributed by atoms with Crippen molar-refractivity contribution >= 4 is 5.91 Å². The standard InChI is InChI=1S/C25H20FN3O3/c1-31-21-10-8-17(9-11-21)15-27-25(30)19-5-3-7-22(13-19)32-24-14-23(28-16-29-24)18-4-2-6-20(26)12-18/h2-14,16H,15H2,1H3,(H,27,30). The van der Waals surface area contributed by atoms with E-state index in [1.54, 1.807) is 49.6 Å². The SMILES string of the molecule is COc1ccc(CNC(=O)c2cccc(Oc3cc(-c4cccc(F)c4)ncn3)c2)cc1. The van der Waals surface area contributed by atoms with Crippen molar-refractivity contribution in [2.75, 3.05) is 7.11 Å². The van der Waals surface area contributed by atoms with Gasteiger partial charge in [0.1, 0.15) is 23.6 Å². The maximum absolute atomic E-state index is 13.5. The van der Waals surface area contributed by atoms with Crippen molar-refractivity contribution in [3.63, 3.8) is 0 Å². The molecule has 1 heterocycles. The van der Waals surface area contributed by atoms with E-state index in [2.05, 4.69) is 15.3 Å². The monoisotopic (exact) mass is 429 g/mol. The lowest BCUT2D eigenvalue weighted by Crippen LogP contribution is -2.22. The number of amides is 1. The largest absolute Gasteiger partial charge is 0.497 e. The van der Waals surface area contributed by atoms with E-state index in [0.29, 0.717) is 29.1 Å². The van der Waals surface area contributed by atoms with Crippen LogP contribution in [-0.2, 0) is 6.54 Å². The minimum absolute atomic E-state index is 0.227. The van der Waals surface area contributed by atoms with Crippen LogP contribution in [0.2, 0.25) is 0 Å². The number of ether oxygens (including phenoxy) is 2. The van der Waals surface area contributed by atoms with Crippen molar-refractivity contribution in [1.29, 1.82) is 0 Å². The van der Waals surface area contributed by atoms with Gasteiger partial charge in [0.25, 0.3) is 5.91 Å². The van der Waals surface area contributed by atoms with Gasteiger partial charge in [-0.3, -0.25) is 4.79 Å². The maximum Gasteiger partial charge on any atom is 0.251 e.